The minimum atomic E-state index is 0.547. The van der Waals surface area contributed by atoms with Gasteiger partial charge in [0.2, 0.25) is 0 Å². The summed E-state index contributed by atoms with van der Waals surface area (Å²) in [4.78, 5) is 0. The van der Waals surface area contributed by atoms with Crippen molar-refractivity contribution in [3.05, 3.63) is 28.9 Å². The summed E-state index contributed by atoms with van der Waals surface area (Å²) < 4.78 is 0. The fourth-order valence-corrected chi connectivity index (χ4v) is 0.975. The highest BCUT2D eigenvalue weighted by Crippen LogP contribution is 2.09. The van der Waals surface area contributed by atoms with Gasteiger partial charge in [0.1, 0.15) is 0 Å². The van der Waals surface area contributed by atoms with Gasteiger partial charge in [0.05, 0.1) is 23.2 Å². The standard InChI is InChI=1S/C9H15N5/c1-7-4-8(5-12-14(7)3)9(10)6-13(2)11/h5-6H,10-11H2,1-3H3/b9-6-. The molecule has 5 nitrogen and oxygen atoms in total. The third kappa shape index (κ3) is 2.39. The molecule has 1 aliphatic heterocycles. The van der Waals surface area contributed by atoms with E-state index in [1.54, 1.807) is 24.5 Å². The molecule has 5 heteroatoms. The molecule has 0 saturated carbocycles. The van der Waals surface area contributed by atoms with Crippen LogP contribution in [0.1, 0.15) is 6.92 Å². The third-order valence-corrected chi connectivity index (χ3v) is 1.81. The van der Waals surface area contributed by atoms with Crippen molar-refractivity contribution >= 4 is 6.21 Å². The zero-order valence-electron chi connectivity index (χ0n) is 8.65. The molecule has 4 N–H and O–H groups in total. The van der Waals surface area contributed by atoms with E-state index in [9.17, 15) is 0 Å². The van der Waals surface area contributed by atoms with Crippen LogP contribution in [0.5, 0.6) is 0 Å². The molecule has 0 amide bonds. The van der Waals surface area contributed by atoms with E-state index >= 15 is 0 Å². The van der Waals surface area contributed by atoms with Crippen molar-refractivity contribution in [1.29, 1.82) is 0 Å². The Kier molecular flexibility index (Phi) is 2.96. The average Bonchev–Trinajstić information content (AvgIpc) is 2.08. The first-order chi connectivity index (χ1) is 6.50. The predicted molar refractivity (Wildman–Crippen MR) is 56.7 cm³/mol. The number of hydrogen-bond acceptors (Lipinski definition) is 5. The first-order valence-corrected chi connectivity index (χ1v) is 4.21. The molecule has 0 aromatic rings. The monoisotopic (exact) mass is 193 g/mol. The number of hydrogen-bond donors (Lipinski definition) is 2. The van der Waals surface area contributed by atoms with E-state index in [0.29, 0.717) is 5.70 Å². The second-order valence-corrected chi connectivity index (χ2v) is 3.14. The lowest BCUT2D eigenvalue weighted by molar-refractivity contribution is 0.447. The molecule has 0 aromatic carbocycles. The molecule has 0 aromatic heterocycles. The van der Waals surface area contributed by atoms with Gasteiger partial charge in [-0.25, -0.2) is 5.84 Å². The van der Waals surface area contributed by atoms with Gasteiger partial charge in [0, 0.05) is 20.3 Å². The number of hydrazone groups is 1. The molecule has 1 rings (SSSR count). The largest absolute Gasteiger partial charge is 0.396 e. The summed E-state index contributed by atoms with van der Waals surface area (Å²) in [5.41, 5.74) is 11.1. The maximum absolute atomic E-state index is 5.77. The van der Waals surface area contributed by atoms with E-state index in [2.05, 4.69) is 10.8 Å². The summed E-state index contributed by atoms with van der Waals surface area (Å²) in [7, 11) is 3.56. The van der Waals surface area contributed by atoms with Crippen LogP contribution < -0.4 is 11.6 Å². The zero-order valence-corrected chi connectivity index (χ0v) is 8.65. The number of nitrogens with zero attached hydrogens (tertiary/aromatic N) is 3. The van der Waals surface area contributed by atoms with Gasteiger partial charge in [0.25, 0.3) is 0 Å². The van der Waals surface area contributed by atoms with E-state index < -0.39 is 0 Å². The van der Waals surface area contributed by atoms with Gasteiger partial charge in [-0.05, 0) is 6.92 Å². The minimum Gasteiger partial charge on any atom is -0.396 e. The first-order valence-electron chi connectivity index (χ1n) is 4.21. The van der Waals surface area contributed by atoms with Gasteiger partial charge in [0.15, 0.2) is 0 Å². The fourth-order valence-electron chi connectivity index (χ4n) is 0.975. The lowest BCUT2D eigenvalue weighted by Gasteiger charge is -2.15. The van der Waals surface area contributed by atoms with Crippen LogP contribution in [-0.4, -0.2) is 30.3 Å². The van der Waals surface area contributed by atoms with Crippen molar-refractivity contribution in [1.82, 2.24) is 10.0 Å². The Morgan fingerprint density at radius 1 is 1.71 bits per heavy atom. The van der Waals surface area contributed by atoms with Gasteiger partial charge >= 0.3 is 0 Å². The molecule has 0 radical (unpaired) electrons. The van der Waals surface area contributed by atoms with Crippen LogP contribution in [-0.2, 0) is 0 Å². The lowest BCUT2D eigenvalue weighted by Crippen LogP contribution is -2.22. The van der Waals surface area contributed by atoms with Gasteiger partial charge in [-0.3, -0.25) is 5.01 Å². The van der Waals surface area contributed by atoms with Crippen molar-refractivity contribution in [3.63, 3.8) is 0 Å². The molecule has 0 fully saturated rings. The van der Waals surface area contributed by atoms with Crippen LogP contribution in [0, 0.1) is 0 Å². The Morgan fingerprint density at radius 3 is 2.86 bits per heavy atom. The Labute approximate surface area is 83.6 Å². The predicted octanol–water partition coefficient (Wildman–Crippen LogP) is -0.0477. The number of hydrazine groups is 1. The van der Waals surface area contributed by atoms with Crippen molar-refractivity contribution < 1.29 is 0 Å². The van der Waals surface area contributed by atoms with Gasteiger partial charge in [-0.1, -0.05) is 5.73 Å². The first kappa shape index (κ1) is 10.4. The summed E-state index contributed by atoms with van der Waals surface area (Å²) in [6, 6.07) is 0. The third-order valence-electron chi connectivity index (χ3n) is 1.81. The van der Waals surface area contributed by atoms with E-state index in [4.69, 9.17) is 11.6 Å². The van der Waals surface area contributed by atoms with Crippen molar-refractivity contribution in [2.75, 3.05) is 14.1 Å². The van der Waals surface area contributed by atoms with Crippen LogP contribution in [0.15, 0.2) is 34.0 Å². The Balaban J connectivity index is 3.01. The maximum Gasteiger partial charge on any atom is 0.0757 e. The highest BCUT2D eigenvalue weighted by molar-refractivity contribution is 5.84. The average molecular weight is 193 g/mol. The Hall–Kier alpha value is -1.71. The molecule has 0 unspecified atom stereocenters. The molecular formula is C9H15N5. The number of rotatable bonds is 2. The van der Waals surface area contributed by atoms with Gasteiger partial charge < -0.3 is 10.7 Å². The maximum atomic E-state index is 5.77. The van der Waals surface area contributed by atoms with Crippen molar-refractivity contribution in [2.45, 2.75) is 6.92 Å². The molecule has 0 aliphatic carbocycles. The van der Waals surface area contributed by atoms with Crippen LogP contribution >= 0.6 is 0 Å². The second-order valence-electron chi connectivity index (χ2n) is 3.14. The second kappa shape index (κ2) is 4.00. The molecule has 1 aliphatic rings. The molecule has 0 atom stereocenters. The normalized spacial score (nSPS) is 16.6. The molecule has 1 heterocycles. The summed E-state index contributed by atoms with van der Waals surface area (Å²) in [5.74, 6) is 5.44. The van der Waals surface area contributed by atoms with E-state index in [-0.39, 0.29) is 0 Å². The molecule has 14 heavy (non-hydrogen) atoms. The van der Waals surface area contributed by atoms with E-state index in [1.807, 2.05) is 14.0 Å². The van der Waals surface area contributed by atoms with Crippen molar-refractivity contribution in [2.24, 2.45) is 16.7 Å². The summed E-state index contributed by atoms with van der Waals surface area (Å²) in [6.45, 7) is 1.91. The number of allylic oxidation sites excluding steroid dienone is 1. The van der Waals surface area contributed by atoms with E-state index in [0.717, 1.165) is 11.3 Å². The van der Waals surface area contributed by atoms with Crippen LogP contribution in [0.25, 0.3) is 0 Å². The topological polar surface area (TPSA) is 70.9 Å². The van der Waals surface area contributed by atoms with Crippen LogP contribution in [0.3, 0.4) is 0 Å². The van der Waals surface area contributed by atoms with Gasteiger partial charge in [-0.2, -0.15) is 5.10 Å². The van der Waals surface area contributed by atoms with Crippen LogP contribution in [0.4, 0.5) is 0 Å². The summed E-state index contributed by atoms with van der Waals surface area (Å²) in [6.07, 6.45) is 3.27. The minimum absolute atomic E-state index is 0.547. The van der Waals surface area contributed by atoms with Crippen molar-refractivity contribution in [3.8, 4) is 0 Å². The summed E-state index contributed by atoms with van der Waals surface area (Å²) in [5, 5.41) is 7.23. The Morgan fingerprint density at radius 2 is 2.36 bits per heavy atom. The summed E-state index contributed by atoms with van der Waals surface area (Å²) >= 11 is 0. The van der Waals surface area contributed by atoms with Gasteiger partial charge in [-0.15, -0.1) is 0 Å². The molecule has 0 spiro atoms. The van der Waals surface area contributed by atoms with E-state index in [1.165, 1.54) is 5.01 Å². The Bertz CT molecular complexity index is 344. The highest BCUT2D eigenvalue weighted by atomic mass is 15.4. The smallest absolute Gasteiger partial charge is 0.0757 e. The molecular weight excluding hydrogens is 178 g/mol. The molecule has 76 valence electrons. The molecule has 0 saturated heterocycles. The SMILES string of the molecule is CC1=C=C(/C(N)=C/N(C)N)C=NN1C. The molecule has 0 bridgehead atoms. The highest BCUT2D eigenvalue weighted by Gasteiger charge is 2.05. The zero-order chi connectivity index (χ0) is 10.7. The fraction of sp³-hybridized carbons (Fsp3) is 0.333. The number of nitrogens with two attached hydrogens (primary N) is 2. The quantitative estimate of drug-likeness (QED) is 0.366. The van der Waals surface area contributed by atoms with Crippen LogP contribution in [0.2, 0.25) is 0 Å². The lowest BCUT2D eigenvalue weighted by atomic mass is 10.2.